The van der Waals surface area contributed by atoms with Crippen LogP contribution >= 0.6 is 0 Å². The van der Waals surface area contributed by atoms with E-state index in [0.29, 0.717) is 11.8 Å². The van der Waals surface area contributed by atoms with Gasteiger partial charge in [0.1, 0.15) is 0 Å². The summed E-state index contributed by atoms with van der Waals surface area (Å²) in [6.45, 7) is 10.9. The lowest BCUT2D eigenvalue weighted by Crippen LogP contribution is -2.17. The highest BCUT2D eigenvalue weighted by atomic mass is 16.4. The van der Waals surface area contributed by atoms with Crippen LogP contribution in [0.1, 0.15) is 86.0 Å². The molecule has 0 aromatic heterocycles. The van der Waals surface area contributed by atoms with Crippen molar-refractivity contribution in [2.75, 3.05) is 0 Å². The number of hydrogen-bond donors (Lipinski definition) is 2. The SMILES string of the molecule is CCC(CC(=O)O)C(=O)O.CCCCC(CC)(CC)CC. The van der Waals surface area contributed by atoms with Crippen molar-refractivity contribution in [3.8, 4) is 0 Å². The third-order valence-corrected chi connectivity index (χ3v) is 4.57. The third-order valence-electron chi connectivity index (χ3n) is 4.57. The van der Waals surface area contributed by atoms with Gasteiger partial charge in [-0.15, -0.1) is 0 Å². The lowest BCUT2D eigenvalue weighted by molar-refractivity contribution is -0.148. The highest BCUT2D eigenvalue weighted by Gasteiger charge is 2.22. The molecule has 0 radical (unpaired) electrons. The number of carboxylic acids is 2. The van der Waals surface area contributed by atoms with Gasteiger partial charge in [-0.1, -0.05) is 66.7 Å². The fraction of sp³-hybridized carbons (Fsp3) is 0.882. The fourth-order valence-electron chi connectivity index (χ4n) is 2.45. The molecule has 4 heteroatoms. The fourth-order valence-corrected chi connectivity index (χ4v) is 2.45. The minimum Gasteiger partial charge on any atom is -0.481 e. The first-order valence-corrected chi connectivity index (χ1v) is 8.26. The molecule has 1 atom stereocenters. The Labute approximate surface area is 129 Å². The second kappa shape index (κ2) is 12.7. The van der Waals surface area contributed by atoms with Gasteiger partial charge in [0.05, 0.1) is 12.3 Å². The lowest BCUT2D eigenvalue weighted by atomic mass is 9.76. The van der Waals surface area contributed by atoms with Gasteiger partial charge in [-0.2, -0.15) is 0 Å². The van der Waals surface area contributed by atoms with E-state index in [2.05, 4.69) is 27.7 Å². The molecule has 126 valence electrons. The van der Waals surface area contributed by atoms with Crippen LogP contribution in [0.2, 0.25) is 0 Å². The van der Waals surface area contributed by atoms with E-state index in [9.17, 15) is 9.59 Å². The van der Waals surface area contributed by atoms with Gasteiger partial charge < -0.3 is 10.2 Å². The van der Waals surface area contributed by atoms with Crippen molar-refractivity contribution in [3.63, 3.8) is 0 Å². The van der Waals surface area contributed by atoms with Crippen LogP contribution in [0.4, 0.5) is 0 Å². The van der Waals surface area contributed by atoms with E-state index < -0.39 is 17.9 Å². The van der Waals surface area contributed by atoms with E-state index in [4.69, 9.17) is 10.2 Å². The average Bonchev–Trinajstić information content (AvgIpc) is 2.47. The van der Waals surface area contributed by atoms with Crippen molar-refractivity contribution >= 4 is 11.9 Å². The Balaban J connectivity index is 0. The maximum atomic E-state index is 10.2. The molecule has 0 aliphatic carbocycles. The Kier molecular flexibility index (Phi) is 13.4. The molecule has 0 aliphatic heterocycles. The normalized spacial score (nSPS) is 12.2. The van der Waals surface area contributed by atoms with Crippen LogP contribution in [-0.2, 0) is 9.59 Å². The van der Waals surface area contributed by atoms with Gasteiger partial charge in [0.2, 0.25) is 0 Å². The molecule has 1 unspecified atom stereocenters. The van der Waals surface area contributed by atoms with E-state index in [0.717, 1.165) is 0 Å². The smallest absolute Gasteiger partial charge is 0.307 e. The molecular formula is C17H34O4. The van der Waals surface area contributed by atoms with E-state index >= 15 is 0 Å². The maximum Gasteiger partial charge on any atom is 0.307 e. The molecule has 4 nitrogen and oxygen atoms in total. The van der Waals surface area contributed by atoms with E-state index in [-0.39, 0.29) is 6.42 Å². The molecule has 21 heavy (non-hydrogen) atoms. The summed E-state index contributed by atoms with van der Waals surface area (Å²) < 4.78 is 0. The third kappa shape index (κ3) is 10.3. The summed E-state index contributed by atoms with van der Waals surface area (Å²) in [5.74, 6) is -2.84. The van der Waals surface area contributed by atoms with Crippen LogP contribution in [0.3, 0.4) is 0 Å². The number of aliphatic carboxylic acids is 2. The number of hydrogen-bond acceptors (Lipinski definition) is 2. The van der Waals surface area contributed by atoms with E-state index in [1.165, 1.54) is 38.5 Å². The van der Waals surface area contributed by atoms with Gasteiger partial charge >= 0.3 is 11.9 Å². The van der Waals surface area contributed by atoms with E-state index in [1.54, 1.807) is 6.92 Å². The zero-order chi connectivity index (χ0) is 16.9. The van der Waals surface area contributed by atoms with Crippen molar-refractivity contribution < 1.29 is 19.8 Å². The summed E-state index contributed by atoms with van der Waals surface area (Å²) in [7, 11) is 0. The van der Waals surface area contributed by atoms with Crippen molar-refractivity contribution in [1.29, 1.82) is 0 Å². The molecule has 0 saturated heterocycles. The molecule has 0 bridgehead atoms. The second-order valence-corrected chi connectivity index (χ2v) is 5.71. The summed E-state index contributed by atoms with van der Waals surface area (Å²) in [6.07, 6.45) is 8.36. The predicted molar refractivity (Wildman–Crippen MR) is 86.5 cm³/mol. The first kappa shape index (κ1) is 22.2. The molecule has 0 amide bonds. The summed E-state index contributed by atoms with van der Waals surface area (Å²) >= 11 is 0. The zero-order valence-electron chi connectivity index (χ0n) is 14.4. The van der Waals surface area contributed by atoms with Crippen molar-refractivity contribution in [2.24, 2.45) is 11.3 Å². The average molecular weight is 302 g/mol. The minimum atomic E-state index is -1.06. The lowest BCUT2D eigenvalue weighted by Gasteiger charge is -2.30. The van der Waals surface area contributed by atoms with Crippen LogP contribution in [0.25, 0.3) is 0 Å². The second-order valence-electron chi connectivity index (χ2n) is 5.71. The number of carbonyl (C=O) groups is 2. The van der Waals surface area contributed by atoms with Gasteiger partial charge in [-0.3, -0.25) is 9.59 Å². The maximum absolute atomic E-state index is 10.2. The Bertz CT molecular complexity index is 274. The standard InChI is InChI=1S/C11H24.C6H10O4/c1-5-9-10-11(6-2,7-3)8-4;1-2-4(6(9)10)3-5(7)8/h5-10H2,1-4H3;4H,2-3H2,1H3,(H,7,8)(H,9,10). The number of carboxylic acid groups (broad SMARTS) is 2. The van der Waals surface area contributed by atoms with Gasteiger partial charge in [0.15, 0.2) is 0 Å². The Hall–Kier alpha value is -1.06. The largest absolute Gasteiger partial charge is 0.481 e. The van der Waals surface area contributed by atoms with Gasteiger partial charge in [-0.25, -0.2) is 0 Å². The molecule has 0 fully saturated rings. The van der Waals surface area contributed by atoms with Gasteiger partial charge in [0, 0.05) is 0 Å². The van der Waals surface area contributed by atoms with Gasteiger partial charge in [-0.05, 0) is 18.3 Å². The van der Waals surface area contributed by atoms with Crippen LogP contribution in [-0.4, -0.2) is 22.2 Å². The minimum absolute atomic E-state index is 0.286. The van der Waals surface area contributed by atoms with E-state index in [1.807, 2.05) is 0 Å². The molecular weight excluding hydrogens is 268 g/mol. The molecule has 2 N–H and O–H groups in total. The molecule has 0 saturated carbocycles. The highest BCUT2D eigenvalue weighted by Crippen LogP contribution is 2.35. The monoisotopic (exact) mass is 302 g/mol. The number of unbranched alkanes of at least 4 members (excludes halogenated alkanes) is 1. The van der Waals surface area contributed by atoms with Crippen molar-refractivity contribution in [2.45, 2.75) is 86.0 Å². The predicted octanol–water partition coefficient (Wildman–Crippen LogP) is 4.96. The Morgan fingerprint density at radius 3 is 1.62 bits per heavy atom. The highest BCUT2D eigenvalue weighted by molar-refractivity contribution is 5.77. The quantitative estimate of drug-likeness (QED) is 0.597. The summed E-state index contributed by atoms with van der Waals surface area (Å²) in [6, 6.07) is 0. The Morgan fingerprint density at radius 1 is 0.952 bits per heavy atom. The van der Waals surface area contributed by atoms with Crippen LogP contribution in [0.5, 0.6) is 0 Å². The van der Waals surface area contributed by atoms with Gasteiger partial charge in [0.25, 0.3) is 0 Å². The molecule has 0 aliphatic rings. The molecule has 0 rings (SSSR count). The van der Waals surface area contributed by atoms with Crippen LogP contribution < -0.4 is 0 Å². The Morgan fingerprint density at radius 2 is 1.43 bits per heavy atom. The van der Waals surface area contributed by atoms with Crippen molar-refractivity contribution in [3.05, 3.63) is 0 Å². The van der Waals surface area contributed by atoms with Crippen LogP contribution in [0.15, 0.2) is 0 Å². The van der Waals surface area contributed by atoms with Crippen LogP contribution in [0, 0.1) is 11.3 Å². The molecule has 0 spiro atoms. The number of rotatable bonds is 10. The molecule has 0 aromatic carbocycles. The zero-order valence-corrected chi connectivity index (χ0v) is 14.4. The molecule has 0 heterocycles. The topological polar surface area (TPSA) is 74.6 Å². The summed E-state index contributed by atoms with van der Waals surface area (Å²) in [5, 5.41) is 16.6. The van der Waals surface area contributed by atoms with Crippen molar-refractivity contribution in [1.82, 2.24) is 0 Å². The molecule has 0 aromatic rings. The summed E-state index contributed by atoms with van der Waals surface area (Å²) in [5.41, 5.74) is 0.677. The first-order chi connectivity index (χ1) is 9.82. The first-order valence-electron chi connectivity index (χ1n) is 8.26. The summed E-state index contributed by atoms with van der Waals surface area (Å²) in [4.78, 5) is 20.2.